The lowest BCUT2D eigenvalue weighted by atomic mass is 9.30. The van der Waals surface area contributed by atoms with Crippen molar-refractivity contribution < 1.29 is 23.9 Å². The van der Waals surface area contributed by atoms with E-state index in [1.165, 1.54) is 6.92 Å². The van der Waals surface area contributed by atoms with Gasteiger partial charge in [-0.1, -0.05) is 48.5 Å². The lowest BCUT2D eigenvalue weighted by Crippen LogP contribution is -2.75. The number of esters is 2. The summed E-state index contributed by atoms with van der Waals surface area (Å²) in [5, 5.41) is 0. The minimum atomic E-state index is -0.973. The van der Waals surface area contributed by atoms with E-state index >= 15 is 0 Å². The highest BCUT2D eigenvalue weighted by atomic mass is 16.6. The first kappa shape index (κ1) is 25.9. The summed E-state index contributed by atoms with van der Waals surface area (Å²) in [6, 6.07) is 0. The molecule has 6 aliphatic rings. The van der Waals surface area contributed by atoms with Crippen molar-refractivity contribution >= 4 is 17.7 Å². The maximum Gasteiger partial charge on any atom is 0.313 e. The Morgan fingerprint density at radius 1 is 0.838 bits per heavy atom. The van der Waals surface area contributed by atoms with Gasteiger partial charge in [0.15, 0.2) is 11.4 Å². The minimum absolute atomic E-state index is 0.00180. The highest BCUT2D eigenvalue weighted by Gasteiger charge is 2.83. The Balaban J connectivity index is 1.44. The number of ketones is 1. The van der Waals surface area contributed by atoms with Crippen LogP contribution in [0.15, 0.2) is 0 Å². The average Bonchev–Trinajstić information content (AvgIpc) is 2.97. The van der Waals surface area contributed by atoms with Crippen LogP contribution in [0.4, 0.5) is 0 Å². The van der Waals surface area contributed by atoms with Crippen LogP contribution in [0.3, 0.4) is 0 Å². The normalized spacial score (nSPS) is 53.2. The Morgan fingerprint density at radius 3 is 2.19 bits per heavy atom. The lowest BCUT2D eigenvalue weighted by molar-refractivity contribution is -0.270. The van der Waals surface area contributed by atoms with Crippen molar-refractivity contribution in [3.8, 4) is 0 Å². The van der Waals surface area contributed by atoms with Crippen LogP contribution in [0.2, 0.25) is 0 Å². The van der Waals surface area contributed by atoms with Crippen LogP contribution in [-0.4, -0.2) is 29.4 Å². The van der Waals surface area contributed by atoms with Crippen molar-refractivity contribution in [2.45, 2.75) is 131 Å². The van der Waals surface area contributed by atoms with E-state index in [1.807, 2.05) is 0 Å². The fourth-order valence-corrected chi connectivity index (χ4v) is 11.9. The second-order valence-corrected chi connectivity index (χ2v) is 16.2. The van der Waals surface area contributed by atoms with Crippen molar-refractivity contribution in [2.24, 2.45) is 50.2 Å². The molecule has 0 N–H and O–H groups in total. The summed E-state index contributed by atoms with van der Waals surface area (Å²) in [5.74, 6) is 0.550. The molecule has 1 spiro atoms. The molecule has 6 rings (SSSR count). The molecule has 0 aromatic rings. The smallest absolute Gasteiger partial charge is 0.313 e. The number of Topliss-reactive ketones (excluding diaryl/α,β-unsaturated/α-hetero) is 1. The van der Waals surface area contributed by atoms with Crippen LogP contribution in [0.1, 0.15) is 120 Å². The van der Waals surface area contributed by atoms with E-state index < -0.39 is 11.0 Å². The number of carbonyl (C=O) groups excluding carboxylic acids is 3. The molecular weight excluding hydrogens is 464 g/mol. The Bertz CT molecular complexity index is 1080. The Morgan fingerprint density at radius 2 is 1.51 bits per heavy atom. The van der Waals surface area contributed by atoms with Crippen molar-refractivity contribution in [3.05, 3.63) is 0 Å². The molecule has 1 saturated heterocycles. The molecule has 0 amide bonds. The molecule has 0 radical (unpaired) electrons. The maximum absolute atomic E-state index is 14.7. The van der Waals surface area contributed by atoms with Crippen molar-refractivity contribution in [1.29, 1.82) is 0 Å². The molecule has 5 saturated carbocycles. The molecule has 1 aliphatic heterocycles. The Labute approximate surface area is 223 Å². The van der Waals surface area contributed by atoms with Crippen molar-refractivity contribution in [3.63, 3.8) is 0 Å². The summed E-state index contributed by atoms with van der Waals surface area (Å²) in [6.45, 7) is 17.9. The number of ether oxygens (including phenoxy) is 2. The van der Waals surface area contributed by atoms with Crippen molar-refractivity contribution in [1.82, 2.24) is 0 Å². The molecule has 9 atom stereocenters. The first-order valence-corrected chi connectivity index (χ1v) is 14.9. The van der Waals surface area contributed by atoms with E-state index in [9.17, 15) is 14.4 Å². The molecule has 0 aromatic carbocycles. The molecule has 2 unspecified atom stereocenters. The third-order valence-corrected chi connectivity index (χ3v) is 14.1. The van der Waals surface area contributed by atoms with Gasteiger partial charge in [-0.05, 0) is 85.9 Å². The predicted octanol–water partition coefficient (Wildman–Crippen LogP) is 6.66. The van der Waals surface area contributed by atoms with E-state index in [2.05, 4.69) is 48.5 Å². The molecule has 2 bridgehead atoms. The number of carbonyl (C=O) groups is 3. The molecule has 5 nitrogen and oxygen atoms in total. The van der Waals surface area contributed by atoms with Crippen molar-refractivity contribution in [2.75, 3.05) is 0 Å². The molecular formula is C32H48O5. The van der Waals surface area contributed by atoms with E-state index in [0.717, 1.165) is 57.8 Å². The maximum atomic E-state index is 14.7. The van der Waals surface area contributed by atoms with Crippen LogP contribution in [0.25, 0.3) is 0 Å². The van der Waals surface area contributed by atoms with E-state index in [0.29, 0.717) is 12.3 Å². The summed E-state index contributed by atoms with van der Waals surface area (Å²) >= 11 is 0. The van der Waals surface area contributed by atoms with Crippen LogP contribution in [-0.2, 0) is 23.9 Å². The molecule has 206 valence electrons. The zero-order valence-corrected chi connectivity index (χ0v) is 24.4. The second kappa shape index (κ2) is 7.22. The fraction of sp³-hybridized carbons (Fsp3) is 0.906. The van der Waals surface area contributed by atoms with Gasteiger partial charge in [0.2, 0.25) is 0 Å². The first-order valence-electron chi connectivity index (χ1n) is 14.9. The van der Waals surface area contributed by atoms with Gasteiger partial charge in [0, 0.05) is 30.1 Å². The lowest BCUT2D eigenvalue weighted by Gasteiger charge is -2.73. The topological polar surface area (TPSA) is 69.7 Å². The van der Waals surface area contributed by atoms with Crippen LogP contribution in [0, 0.1) is 50.2 Å². The molecule has 1 heterocycles. The number of hydrogen-bond donors (Lipinski definition) is 0. The van der Waals surface area contributed by atoms with E-state index in [4.69, 9.17) is 9.47 Å². The third kappa shape index (κ3) is 2.80. The second-order valence-electron chi connectivity index (χ2n) is 16.2. The molecule has 5 aliphatic carbocycles. The Kier molecular flexibility index (Phi) is 5.04. The number of hydrogen-bond acceptors (Lipinski definition) is 5. The van der Waals surface area contributed by atoms with Crippen LogP contribution >= 0.6 is 0 Å². The van der Waals surface area contributed by atoms with Gasteiger partial charge in [-0.2, -0.15) is 0 Å². The summed E-state index contributed by atoms with van der Waals surface area (Å²) in [5.41, 5.74) is -1.93. The summed E-state index contributed by atoms with van der Waals surface area (Å²) in [6.07, 6.45) is 8.87. The van der Waals surface area contributed by atoms with Gasteiger partial charge < -0.3 is 9.47 Å². The number of fused-ring (bicyclic) bond motifs is 4. The van der Waals surface area contributed by atoms with Gasteiger partial charge in [0.1, 0.15) is 6.10 Å². The average molecular weight is 513 g/mol. The quantitative estimate of drug-likeness (QED) is 0.368. The summed E-state index contributed by atoms with van der Waals surface area (Å²) < 4.78 is 12.4. The van der Waals surface area contributed by atoms with Gasteiger partial charge in [-0.15, -0.1) is 0 Å². The monoisotopic (exact) mass is 512 g/mol. The minimum Gasteiger partial charge on any atom is -0.462 e. The highest BCUT2D eigenvalue weighted by Crippen LogP contribution is 2.80. The largest absolute Gasteiger partial charge is 0.462 e. The van der Waals surface area contributed by atoms with Gasteiger partial charge >= 0.3 is 11.9 Å². The zero-order valence-electron chi connectivity index (χ0n) is 24.4. The fourth-order valence-electron chi connectivity index (χ4n) is 11.9. The molecule has 6 fully saturated rings. The van der Waals surface area contributed by atoms with E-state index in [1.54, 1.807) is 0 Å². The van der Waals surface area contributed by atoms with Crippen LogP contribution in [0.5, 0.6) is 0 Å². The van der Waals surface area contributed by atoms with Crippen LogP contribution < -0.4 is 0 Å². The van der Waals surface area contributed by atoms with E-state index in [-0.39, 0.29) is 62.7 Å². The van der Waals surface area contributed by atoms with Gasteiger partial charge in [-0.25, -0.2) is 0 Å². The SMILES string of the molecule is CC(=O)O[C@H]1CC[C@]2(C)[C@H]3CC(=O)C45OC(=O)C6(CCC(C)(C)C[C@H]64)CC[C@@]5(C)[C@]3(C)CC[C@H]2C1(C)C. The highest BCUT2D eigenvalue weighted by molar-refractivity contribution is 5.98. The third-order valence-electron chi connectivity index (χ3n) is 14.1. The molecule has 5 heteroatoms. The zero-order chi connectivity index (χ0) is 27.0. The first-order chi connectivity index (χ1) is 17.0. The molecule has 37 heavy (non-hydrogen) atoms. The summed E-state index contributed by atoms with van der Waals surface area (Å²) in [7, 11) is 0. The Hall–Kier alpha value is -1.39. The summed E-state index contributed by atoms with van der Waals surface area (Å²) in [4.78, 5) is 40.3. The van der Waals surface area contributed by atoms with Gasteiger partial charge in [0.05, 0.1) is 5.41 Å². The predicted molar refractivity (Wildman–Crippen MR) is 140 cm³/mol. The molecule has 0 aromatic heterocycles. The van der Waals surface area contributed by atoms with Gasteiger partial charge in [-0.3, -0.25) is 14.4 Å². The number of rotatable bonds is 1. The van der Waals surface area contributed by atoms with Gasteiger partial charge in [0.25, 0.3) is 0 Å². The standard InChI is InChI=1S/C32H48O5/c1-19(33)36-24-10-11-28(6)20(27(24,4)5)9-12-29(7)21(28)17-23(34)32-22-18-26(2,3)13-15-31(22,25(35)37-32)16-14-30(29,32)8/h20-22,24H,9-18H2,1-8H3/t20-,21+,22+,24-,28-,29+,30-,31?,32?/m0/s1.